The van der Waals surface area contributed by atoms with Crippen molar-refractivity contribution in [3.63, 3.8) is 0 Å². The van der Waals surface area contributed by atoms with Crippen LogP contribution in [0.25, 0.3) is 0 Å². The third kappa shape index (κ3) is 32.8. The van der Waals surface area contributed by atoms with E-state index in [-0.39, 0.29) is 135 Å². The Kier molecular flexibility index (Phi) is 48.0. The summed E-state index contributed by atoms with van der Waals surface area (Å²) in [6.45, 7) is 57.7. The quantitative estimate of drug-likeness (QED) is 0.0208. The van der Waals surface area contributed by atoms with Crippen molar-refractivity contribution in [2.75, 3.05) is 17.2 Å². The summed E-state index contributed by atoms with van der Waals surface area (Å²) in [4.78, 5) is 78.0. The maximum atomic E-state index is 12.9. The maximum absolute atomic E-state index is 12.9. The number of rotatable bonds is 44. The number of unbranched alkanes of at least 4 members (excludes halogenated alkanes) is 15. The highest BCUT2D eigenvalue weighted by atomic mass is 16.7. The van der Waals surface area contributed by atoms with Crippen molar-refractivity contribution in [1.82, 2.24) is 30.9 Å². The summed E-state index contributed by atoms with van der Waals surface area (Å²) >= 11 is 0. The van der Waals surface area contributed by atoms with Crippen LogP contribution in [0.15, 0.2) is 176 Å². The molecule has 20 nitrogen and oxygen atoms in total. The van der Waals surface area contributed by atoms with Crippen LogP contribution in [0.1, 0.15) is 437 Å². The lowest BCUT2D eigenvalue weighted by atomic mass is 9.69. The molecule has 6 aromatic carbocycles. The number of ether oxygens (including phenoxy) is 4. The minimum Gasteiger partial charge on any atom is -0.446 e. The van der Waals surface area contributed by atoms with Gasteiger partial charge in [-0.05, 0) is 207 Å². The lowest BCUT2D eigenvalue weighted by molar-refractivity contribution is -0.335. The third-order valence-corrected chi connectivity index (χ3v) is 34.2. The molecule has 5 fully saturated rings. The van der Waals surface area contributed by atoms with E-state index in [2.05, 4.69) is 287 Å². The fourth-order valence-corrected chi connectivity index (χ4v) is 22.3. The van der Waals surface area contributed by atoms with E-state index < -0.39 is 12.2 Å². The molecule has 1 saturated carbocycles. The summed E-state index contributed by atoms with van der Waals surface area (Å²) in [5.41, 5.74) is 5.19. The topological polar surface area (TPSA) is 203 Å². The number of hydrogen-bond donors (Lipinski definition) is 4. The SMILES string of the molecule is CCC1(C)CC(OC(=O)NC2CCCCC2)C(C)C(C)(CC)N1OC(C)c1ccccc1.CCC1(C)CC(OC(=O)Nc2ccc(C)cc2)C(C)C(C)(CC)N1OC(C)c1ccccc1.CCC1(C)CC(OC(=O)Nc2ccccc2)C(C)C(C)(CC)N1OC(C)c1ccccc1.CCCCCCCCCCCCCCCCCCNC(=O)OC1CC(C)(CC)N(OC(C)c2ccccc2)C(C)(CC)C1C. The van der Waals surface area contributed by atoms with Gasteiger partial charge in [-0.1, -0.05) is 363 Å². The van der Waals surface area contributed by atoms with Gasteiger partial charge in [0.25, 0.3) is 0 Å². The molecule has 20 heteroatoms. The number of nitrogens with zero attached hydrogens (tertiary/aromatic N) is 4. The molecule has 5 aliphatic rings. The van der Waals surface area contributed by atoms with Crippen LogP contribution in [-0.2, 0) is 38.3 Å². The van der Waals surface area contributed by atoms with E-state index in [0.717, 1.165) is 112 Å². The van der Waals surface area contributed by atoms with E-state index in [1.54, 1.807) is 0 Å². The number of anilines is 2. The van der Waals surface area contributed by atoms with Crippen molar-refractivity contribution < 1.29 is 57.5 Å². The maximum Gasteiger partial charge on any atom is 0.411 e. The predicted molar refractivity (Wildman–Crippen MR) is 579 cm³/mol. The average molecular weight is 1950 g/mol. The number of para-hydroxylation sites is 1. The number of aryl methyl sites for hydroxylation is 1. The van der Waals surface area contributed by atoms with Crippen molar-refractivity contribution in [1.29, 1.82) is 0 Å². The van der Waals surface area contributed by atoms with E-state index in [1.165, 1.54) is 127 Å². The Hall–Kier alpha value is -7.92. The van der Waals surface area contributed by atoms with Gasteiger partial charge in [0.2, 0.25) is 0 Å². The summed E-state index contributed by atoms with van der Waals surface area (Å²) in [6, 6.07) is 58.9. The van der Waals surface area contributed by atoms with Crippen molar-refractivity contribution in [2.45, 2.75) is 491 Å². The molecule has 0 bridgehead atoms. The Morgan fingerprint density at radius 3 is 0.830 bits per heavy atom. The van der Waals surface area contributed by atoms with E-state index in [9.17, 15) is 19.2 Å². The largest absolute Gasteiger partial charge is 0.446 e. The van der Waals surface area contributed by atoms with E-state index >= 15 is 0 Å². The van der Waals surface area contributed by atoms with Crippen LogP contribution in [0.5, 0.6) is 0 Å². The van der Waals surface area contributed by atoms with Gasteiger partial charge in [-0.3, -0.25) is 30.0 Å². The molecule has 141 heavy (non-hydrogen) atoms. The van der Waals surface area contributed by atoms with Gasteiger partial charge in [0.1, 0.15) is 48.8 Å². The Balaban J connectivity index is 0.000000232. The molecule has 4 amide bonds. The molecule has 0 aromatic heterocycles. The highest BCUT2D eigenvalue weighted by Crippen LogP contribution is 2.54. The van der Waals surface area contributed by atoms with Crippen molar-refractivity contribution in [3.05, 3.63) is 204 Å². The molecule has 1 aliphatic carbocycles. The summed E-state index contributed by atoms with van der Waals surface area (Å²) in [5, 5.41) is 20.9. The Morgan fingerprint density at radius 2 is 0.560 bits per heavy atom. The van der Waals surface area contributed by atoms with Gasteiger partial charge >= 0.3 is 24.4 Å². The van der Waals surface area contributed by atoms with Gasteiger partial charge < -0.3 is 29.6 Å². The molecule has 11 rings (SSSR count). The number of nitrogens with one attached hydrogen (secondary N) is 4. The van der Waals surface area contributed by atoms with Gasteiger partial charge in [-0.25, -0.2) is 19.2 Å². The van der Waals surface area contributed by atoms with Crippen LogP contribution in [0.3, 0.4) is 0 Å². The second kappa shape index (κ2) is 57.3. The predicted octanol–water partition coefficient (Wildman–Crippen LogP) is 32.8. The molecular formula is C121H192N8O12. The first-order valence-electron chi connectivity index (χ1n) is 55.4. The van der Waals surface area contributed by atoms with Gasteiger partial charge in [0.15, 0.2) is 0 Å². The number of carbonyl (C=O) groups excluding carboxylic acids is 4. The summed E-state index contributed by atoms with van der Waals surface area (Å²) in [5.74, 6) is 0.467. The van der Waals surface area contributed by atoms with Crippen LogP contribution in [-0.4, -0.2) is 126 Å². The second-order valence-corrected chi connectivity index (χ2v) is 44.0. The van der Waals surface area contributed by atoms with E-state index in [0.29, 0.717) is 19.4 Å². The number of hydrogen-bond acceptors (Lipinski definition) is 16. The van der Waals surface area contributed by atoms with Gasteiger partial charge in [-0.15, -0.1) is 0 Å². The fourth-order valence-electron chi connectivity index (χ4n) is 22.3. The van der Waals surface area contributed by atoms with Crippen LogP contribution in [0, 0.1) is 30.6 Å². The first-order valence-corrected chi connectivity index (χ1v) is 55.4. The standard InChI is InChI=1S/C39H70N2O3.C28H40N2O3.C27H44N2O3.C27H38N2O3/c1-8-11-12-13-14-15-16-17-18-19-20-21-22-23-24-28-31-40-37(42)43-36-32-38(6,9-2)41(39(7,10-3)33(36)4)44-34(5)35-29-26-25-27-30-35;1-8-27(6)19-25(32-26(31)29-24-17-15-20(3)16-18-24)21(4)28(7,9-2)30(27)33-22(5)23-13-11-10-12-14-23;2*1-7-26(5)19-24(31-25(30)28-23-17-13-10-14-18-23)20(3)27(6,8-2)29(26)32-21(4)22-15-11-9-12-16-22/h25-27,29-30,33-34,36H,8-24,28,31-32H2,1-7H3,(H,40,42);10-18,21-22,25H,8-9,19H2,1-7H3,(H,29,31);9,11-12,15-16,20-21,23-24H,7-8,10,13-14,17-19H2,1-6H3,(H,28,30);9-18,20-21,24H,7-8,19H2,1-6H3,(H,28,30). The molecule has 0 radical (unpaired) electrons. The lowest BCUT2D eigenvalue weighted by Gasteiger charge is -2.59. The van der Waals surface area contributed by atoms with Crippen LogP contribution >= 0.6 is 0 Å². The Morgan fingerprint density at radius 1 is 0.312 bits per heavy atom. The zero-order valence-electron chi connectivity index (χ0n) is 92.5. The number of piperidine rings is 4. The first-order chi connectivity index (χ1) is 67.3. The molecular weight excluding hydrogens is 1760 g/mol. The highest BCUT2D eigenvalue weighted by Gasteiger charge is 2.60. The Labute approximate surface area is 854 Å². The average Bonchev–Trinajstić information content (AvgIpc) is 0.751. The van der Waals surface area contributed by atoms with Crippen molar-refractivity contribution in [2.24, 2.45) is 23.7 Å². The number of alkyl carbamates (subject to hydrolysis) is 2. The van der Waals surface area contributed by atoms with Gasteiger partial charge in [0, 0.05) is 118 Å². The molecule has 20 unspecified atom stereocenters. The zero-order chi connectivity index (χ0) is 103. The minimum atomic E-state index is -0.406. The number of carbonyl (C=O) groups is 4. The zero-order valence-corrected chi connectivity index (χ0v) is 92.5. The Bertz CT molecular complexity index is 4540. The van der Waals surface area contributed by atoms with Crippen LogP contribution in [0.4, 0.5) is 30.6 Å². The van der Waals surface area contributed by atoms with Crippen molar-refractivity contribution in [3.8, 4) is 0 Å². The molecule has 0 spiro atoms. The first kappa shape index (κ1) is 118. The summed E-state index contributed by atoms with van der Waals surface area (Å²) in [7, 11) is 0. The molecule has 4 N–H and O–H groups in total. The third-order valence-electron chi connectivity index (χ3n) is 34.2. The van der Waals surface area contributed by atoms with Gasteiger partial charge in [-0.2, -0.15) is 20.3 Å². The van der Waals surface area contributed by atoms with E-state index in [1.807, 2.05) is 110 Å². The highest BCUT2D eigenvalue weighted by molar-refractivity contribution is 5.85. The molecule has 4 heterocycles. The lowest BCUT2D eigenvalue weighted by Crippen LogP contribution is -2.68. The molecule has 6 aromatic rings. The molecule has 4 saturated heterocycles. The molecule has 4 aliphatic heterocycles. The monoisotopic (exact) mass is 1950 g/mol. The summed E-state index contributed by atoms with van der Waals surface area (Å²) in [6.07, 6.45) is 35.3. The minimum absolute atomic E-state index is 0.0489. The van der Waals surface area contributed by atoms with E-state index in [4.69, 9.17) is 38.3 Å². The van der Waals surface area contributed by atoms with Gasteiger partial charge in [0.05, 0.1) is 0 Å². The smallest absolute Gasteiger partial charge is 0.411 e. The number of amides is 4. The molecule has 788 valence electrons. The number of benzene rings is 6. The van der Waals surface area contributed by atoms with Crippen LogP contribution < -0.4 is 21.3 Å². The molecule has 20 atom stereocenters. The number of hydroxylamine groups is 8. The fraction of sp³-hybridized carbons (Fsp3) is 0.669. The van der Waals surface area contributed by atoms with Crippen molar-refractivity contribution >= 4 is 35.7 Å². The summed E-state index contributed by atoms with van der Waals surface area (Å²) < 4.78 is 24.3. The normalized spacial score (nSPS) is 28.6. The second-order valence-electron chi connectivity index (χ2n) is 44.0. The van der Waals surface area contributed by atoms with Crippen LogP contribution in [0.2, 0.25) is 0 Å².